The van der Waals surface area contributed by atoms with Gasteiger partial charge in [0.15, 0.2) is 0 Å². The van der Waals surface area contributed by atoms with E-state index in [1.54, 1.807) is 0 Å². The molecule has 1 aromatic rings. The van der Waals surface area contributed by atoms with Crippen molar-refractivity contribution in [3.63, 3.8) is 0 Å². The summed E-state index contributed by atoms with van der Waals surface area (Å²) in [6, 6.07) is 9.22. The van der Waals surface area contributed by atoms with E-state index in [1.807, 2.05) is 0 Å². The summed E-state index contributed by atoms with van der Waals surface area (Å²) < 4.78 is 0. The van der Waals surface area contributed by atoms with Crippen molar-refractivity contribution in [3.05, 3.63) is 35.4 Å². The van der Waals surface area contributed by atoms with Crippen LogP contribution in [0, 0.1) is 5.92 Å². The van der Waals surface area contributed by atoms with Crippen LogP contribution in [0.25, 0.3) is 0 Å². The zero-order chi connectivity index (χ0) is 15.2. The molecule has 3 N–H and O–H groups in total. The minimum Gasteiger partial charge on any atom is -0.271 e. The van der Waals surface area contributed by atoms with Crippen molar-refractivity contribution in [2.45, 2.75) is 71.8 Å². The van der Waals surface area contributed by atoms with Crippen molar-refractivity contribution in [1.82, 2.24) is 5.43 Å². The van der Waals surface area contributed by atoms with Crippen molar-refractivity contribution in [1.29, 1.82) is 0 Å². The average Bonchev–Trinajstić information content (AvgIpc) is 2.42. The number of rotatable bonds is 7. The topological polar surface area (TPSA) is 38.0 Å². The summed E-state index contributed by atoms with van der Waals surface area (Å²) in [5.74, 6) is 6.44. The molecule has 2 heteroatoms. The first-order valence-electron chi connectivity index (χ1n) is 8.00. The van der Waals surface area contributed by atoms with Crippen LogP contribution in [0.3, 0.4) is 0 Å². The molecule has 0 bridgehead atoms. The van der Waals surface area contributed by atoms with Crippen molar-refractivity contribution in [3.8, 4) is 0 Å². The molecule has 0 aliphatic heterocycles. The fourth-order valence-corrected chi connectivity index (χ4v) is 2.77. The minimum absolute atomic E-state index is 0.205. The van der Waals surface area contributed by atoms with E-state index in [-0.39, 0.29) is 11.5 Å². The maximum absolute atomic E-state index is 5.83. The van der Waals surface area contributed by atoms with Crippen LogP contribution in [0.1, 0.15) is 77.5 Å². The summed E-state index contributed by atoms with van der Waals surface area (Å²) in [6.45, 7) is 11.2. The molecule has 0 spiro atoms. The van der Waals surface area contributed by atoms with Gasteiger partial charge < -0.3 is 0 Å². The summed E-state index contributed by atoms with van der Waals surface area (Å²) in [6.07, 6.45) is 4.92. The fraction of sp³-hybridized carbons (Fsp3) is 0.667. The second-order valence-electron chi connectivity index (χ2n) is 6.83. The summed E-state index contributed by atoms with van der Waals surface area (Å²) >= 11 is 0. The molecular weight excluding hydrogens is 244 g/mol. The minimum atomic E-state index is 0.205. The Balaban J connectivity index is 2.88. The number of nitrogens with one attached hydrogen (secondary N) is 1. The number of hydrogen-bond acceptors (Lipinski definition) is 2. The lowest BCUT2D eigenvalue weighted by atomic mass is 9.83. The van der Waals surface area contributed by atoms with Crippen LogP contribution < -0.4 is 11.3 Å². The third kappa shape index (κ3) is 4.60. The molecular formula is C18H32N2. The second-order valence-corrected chi connectivity index (χ2v) is 6.83. The number of unbranched alkanes of at least 4 members (excludes halogenated alkanes) is 1. The first kappa shape index (κ1) is 17.2. The molecule has 0 saturated carbocycles. The molecule has 2 nitrogen and oxygen atoms in total. The summed E-state index contributed by atoms with van der Waals surface area (Å²) in [7, 11) is 0. The monoisotopic (exact) mass is 276 g/mol. The molecule has 20 heavy (non-hydrogen) atoms. The Bertz CT molecular complexity index is 375. The maximum Gasteiger partial charge on any atom is 0.0488 e. The van der Waals surface area contributed by atoms with Gasteiger partial charge >= 0.3 is 0 Å². The zero-order valence-electron chi connectivity index (χ0n) is 13.9. The lowest BCUT2D eigenvalue weighted by molar-refractivity contribution is 0.326. The van der Waals surface area contributed by atoms with E-state index in [1.165, 1.54) is 30.4 Å². The summed E-state index contributed by atoms with van der Waals surface area (Å²) in [5, 5.41) is 0. The van der Waals surface area contributed by atoms with Crippen molar-refractivity contribution < 1.29 is 0 Å². The first-order chi connectivity index (χ1) is 9.43. The van der Waals surface area contributed by atoms with Gasteiger partial charge in [-0.15, -0.1) is 0 Å². The van der Waals surface area contributed by atoms with Crippen LogP contribution in [0.4, 0.5) is 0 Å². The fourth-order valence-electron chi connectivity index (χ4n) is 2.77. The van der Waals surface area contributed by atoms with Crippen molar-refractivity contribution in [2.75, 3.05) is 0 Å². The van der Waals surface area contributed by atoms with Crippen LogP contribution in [-0.4, -0.2) is 0 Å². The molecule has 0 aromatic heterocycles. The Morgan fingerprint density at radius 2 is 1.70 bits per heavy atom. The van der Waals surface area contributed by atoms with Gasteiger partial charge in [-0.3, -0.25) is 11.3 Å². The maximum atomic E-state index is 5.83. The third-order valence-electron chi connectivity index (χ3n) is 4.24. The highest BCUT2D eigenvalue weighted by Crippen LogP contribution is 2.30. The van der Waals surface area contributed by atoms with Gasteiger partial charge in [0.05, 0.1) is 0 Å². The molecule has 0 heterocycles. The largest absolute Gasteiger partial charge is 0.271 e. The highest BCUT2D eigenvalue weighted by molar-refractivity contribution is 5.29. The van der Waals surface area contributed by atoms with Crippen LogP contribution >= 0.6 is 0 Å². The van der Waals surface area contributed by atoms with Crippen LogP contribution in [0.2, 0.25) is 0 Å². The average molecular weight is 276 g/mol. The summed E-state index contributed by atoms with van der Waals surface area (Å²) in [4.78, 5) is 0. The third-order valence-corrected chi connectivity index (χ3v) is 4.24. The molecule has 1 aromatic carbocycles. The first-order valence-corrected chi connectivity index (χ1v) is 8.00. The highest BCUT2D eigenvalue weighted by Gasteiger charge is 2.21. The Labute approximate surface area is 125 Å². The molecule has 114 valence electrons. The van der Waals surface area contributed by atoms with Gasteiger partial charge in [0.25, 0.3) is 0 Å². The van der Waals surface area contributed by atoms with Gasteiger partial charge in [0, 0.05) is 6.04 Å². The molecule has 0 radical (unpaired) electrons. The molecule has 2 atom stereocenters. The lowest BCUT2D eigenvalue weighted by Crippen LogP contribution is -2.33. The Kier molecular flexibility index (Phi) is 6.70. The quantitative estimate of drug-likeness (QED) is 0.559. The van der Waals surface area contributed by atoms with Gasteiger partial charge in [0.2, 0.25) is 0 Å². The Morgan fingerprint density at radius 1 is 1.10 bits per heavy atom. The number of nitrogens with two attached hydrogens (primary N) is 1. The number of hydrogen-bond donors (Lipinski definition) is 2. The Morgan fingerprint density at radius 3 is 2.10 bits per heavy atom. The normalized spacial score (nSPS) is 15.1. The lowest BCUT2D eigenvalue weighted by Gasteiger charge is -2.27. The van der Waals surface area contributed by atoms with Gasteiger partial charge in [-0.2, -0.15) is 0 Å². The van der Waals surface area contributed by atoms with Gasteiger partial charge in [-0.05, 0) is 28.9 Å². The number of hydrazine groups is 1. The van der Waals surface area contributed by atoms with Crippen LogP contribution in [0.5, 0.6) is 0 Å². The zero-order valence-corrected chi connectivity index (χ0v) is 13.9. The highest BCUT2D eigenvalue weighted by atomic mass is 15.2. The predicted octanol–water partition coefficient (Wildman–Crippen LogP) is 4.70. The van der Waals surface area contributed by atoms with E-state index < -0.39 is 0 Å². The molecule has 2 unspecified atom stereocenters. The van der Waals surface area contributed by atoms with Gasteiger partial charge in [-0.25, -0.2) is 0 Å². The van der Waals surface area contributed by atoms with Crippen LogP contribution in [-0.2, 0) is 5.41 Å². The van der Waals surface area contributed by atoms with Crippen molar-refractivity contribution >= 4 is 0 Å². The van der Waals surface area contributed by atoms with Gasteiger partial charge in [0.1, 0.15) is 0 Å². The SMILES string of the molecule is CCCCC(CC)C(NN)c1ccc(C(C)(C)C)cc1. The van der Waals surface area contributed by atoms with E-state index in [4.69, 9.17) is 5.84 Å². The molecule has 0 aliphatic rings. The molecule has 0 fully saturated rings. The van der Waals surface area contributed by atoms with E-state index in [0.29, 0.717) is 5.92 Å². The van der Waals surface area contributed by atoms with E-state index in [0.717, 1.165) is 6.42 Å². The molecule has 0 saturated heterocycles. The summed E-state index contributed by atoms with van der Waals surface area (Å²) in [5.41, 5.74) is 5.92. The molecule has 0 amide bonds. The van der Waals surface area contributed by atoms with Gasteiger partial charge in [-0.1, -0.05) is 78.1 Å². The van der Waals surface area contributed by atoms with Crippen molar-refractivity contribution in [2.24, 2.45) is 11.8 Å². The molecule has 0 aliphatic carbocycles. The molecule has 1 rings (SSSR count). The smallest absolute Gasteiger partial charge is 0.0488 e. The Hall–Kier alpha value is -0.860. The standard InChI is InChI=1S/C18H32N2/c1-6-8-9-14(7-2)17(20-19)15-10-12-16(13-11-15)18(3,4)5/h10-14,17,20H,6-9,19H2,1-5H3. The predicted molar refractivity (Wildman–Crippen MR) is 88.5 cm³/mol. The van der Waals surface area contributed by atoms with E-state index >= 15 is 0 Å². The van der Waals surface area contributed by atoms with E-state index in [2.05, 4.69) is 64.3 Å². The van der Waals surface area contributed by atoms with E-state index in [9.17, 15) is 0 Å². The second kappa shape index (κ2) is 7.80. The van der Waals surface area contributed by atoms with Crippen LogP contribution in [0.15, 0.2) is 24.3 Å². The number of benzene rings is 1.